The van der Waals surface area contributed by atoms with Gasteiger partial charge in [0.2, 0.25) is 0 Å². The molecule has 4 aromatic heterocycles. The second-order valence-corrected chi connectivity index (χ2v) is 11.4. The number of H-pyrrole nitrogens is 3. The van der Waals surface area contributed by atoms with Gasteiger partial charge >= 0.3 is 0 Å². The van der Waals surface area contributed by atoms with Gasteiger partial charge in [0, 0.05) is 54.3 Å². The molecule has 5 aromatic rings. The number of amides is 4. The molecule has 0 spiro atoms. The Kier molecular flexibility index (Phi) is 11.9. The summed E-state index contributed by atoms with van der Waals surface area (Å²) in [7, 11) is 0. The predicted octanol–water partition coefficient (Wildman–Crippen LogP) is 4.77. The number of aromatic amines is 3. The van der Waals surface area contributed by atoms with Gasteiger partial charge in [-0.25, -0.2) is 4.98 Å². The van der Waals surface area contributed by atoms with E-state index in [0.717, 1.165) is 11.3 Å². The largest absolute Gasteiger partial charge is 0.388 e. The van der Waals surface area contributed by atoms with Gasteiger partial charge in [0.25, 0.3) is 29.3 Å². The van der Waals surface area contributed by atoms with Crippen LogP contribution in [-0.2, 0) is 0 Å². The number of non-ortho nitro benzene ring substituents is 1. The molecule has 4 heterocycles. The monoisotopic (exact) mass is 731 g/mol. The maximum absolute atomic E-state index is 13.2. The van der Waals surface area contributed by atoms with Crippen LogP contribution in [0.3, 0.4) is 0 Å². The van der Waals surface area contributed by atoms with Crippen LogP contribution in [0.25, 0.3) is 10.2 Å². The van der Waals surface area contributed by atoms with Gasteiger partial charge in [0.15, 0.2) is 10.5 Å². The first-order valence-electron chi connectivity index (χ1n) is 14.0. The highest BCUT2D eigenvalue weighted by Crippen LogP contribution is 2.30. The molecule has 0 saturated carbocycles. The molecule has 17 nitrogen and oxygen atoms in total. The molecule has 4 amide bonds. The molecule has 20 heteroatoms. The van der Waals surface area contributed by atoms with E-state index in [1.54, 1.807) is 26.8 Å². The lowest BCUT2D eigenvalue weighted by molar-refractivity contribution is -0.383. The zero-order valence-electron chi connectivity index (χ0n) is 26.0. The Morgan fingerprint density at radius 3 is 1.78 bits per heavy atom. The average molecular weight is 733 g/mol. The smallest absolute Gasteiger partial charge is 0.296 e. The molecule has 10 N–H and O–H groups in total. The van der Waals surface area contributed by atoms with Crippen molar-refractivity contribution < 1.29 is 24.1 Å². The van der Waals surface area contributed by atoms with Crippen LogP contribution in [0, 0.1) is 36.3 Å². The third-order valence-electron chi connectivity index (χ3n) is 7.31. The molecule has 0 aliphatic heterocycles. The Morgan fingerprint density at radius 2 is 1.31 bits per heavy atom. The van der Waals surface area contributed by atoms with Gasteiger partial charge in [0.05, 0.1) is 32.5 Å². The highest BCUT2D eigenvalue weighted by molar-refractivity contribution is 7.20. The fraction of sp³-hybridized carbons (Fsp3) is 0.172. The van der Waals surface area contributed by atoms with Crippen LogP contribution in [0.4, 0.5) is 22.7 Å². The Bertz CT molecular complexity index is 2100. The number of nitrogens with zero attached hydrogens (tertiary/aromatic N) is 2. The first-order valence-corrected chi connectivity index (χ1v) is 14.8. The Morgan fingerprint density at radius 1 is 0.837 bits per heavy atom. The summed E-state index contributed by atoms with van der Waals surface area (Å²) < 4.78 is 0.489. The minimum Gasteiger partial charge on any atom is -0.388 e. The Hall–Kier alpha value is -5.72. The summed E-state index contributed by atoms with van der Waals surface area (Å²) in [5.41, 5.74) is 8.24. The van der Waals surface area contributed by atoms with E-state index in [-0.39, 0.29) is 76.9 Å². The normalized spacial score (nSPS) is 10.4. The Balaban J connectivity index is 0.00000325. The second kappa shape index (κ2) is 15.5. The number of carbonyl (C=O) groups excluding carboxylic acids is 4. The molecular formula is C29H31Cl2N11O6S. The van der Waals surface area contributed by atoms with Crippen molar-refractivity contribution in [1.82, 2.24) is 25.3 Å². The van der Waals surface area contributed by atoms with E-state index >= 15 is 0 Å². The lowest BCUT2D eigenvalue weighted by atomic mass is 10.2. The minimum absolute atomic E-state index is 0. The molecule has 0 aliphatic carbocycles. The van der Waals surface area contributed by atoms with Crippen LogP contribution in [0.2, 0.25) is 0 Å². The summed E-state index contributed by atoms with van der Waals surface area (Å²) in [5, 5.41) is 29.4. The summed E-state index contributed by atoms with van der Waals surface area (Å²) >= 11 is 1.01. The zero-order valence-corrected chi connectivity index (χ0v) is 28.5. The molecule has 0 aliphatic rings. The summed E-state index contributed by atoms with van der Waals surface area (Å²) in [5.74, 6) is -2.08. The van der Waals surface area contributed by atoms with E-state index in [1.807, 2.05) is 0 Å². The number of hydrogen-bond donors (Lipinski definition) is 9. The average Bonchev–Trinajstić information content (AvgIpc) is 3.79. The van der Waals surface area contributed by atoms with Crippen LogP contribution >= 0.6 is 36.2 Å². The quantitative estimate of drug-likeness (QED) is 0.0394. The number of anilines is 3. The lowest BCUT2D eigenvalue weighted by Crippen LogP contribution is -2.28. The number of benzene rings is 1. The number of nitrogens with one attached hydrogen (secondary N) is 8. The molecule has 5 rings (SSSR count). The fourth-order valence-corrected chi connectivity index (χ4v) is 5.59. The maximum atomic E-state index is 13.2. The molecule has 258 valence electrons. The summed E-state index contributed by atoms with van der Waals surface area (Å²) in [6.07, 6.45) is 4.60. The second-order valence-electron chi connectivity index (χ2n) is 10.4. The number of nitro benzene ring substituents is 1. The first-order chi connectivity index (χ1) is 22.3. The molecule has 0 radical (unpaired) electrons. The predicted molar refractivity (Wildman–Crippen MR) is 190 cm³/mol. The van der Waals surface area contributed by atoms with Crippen LogP contribution in [-0.4, -0.2) is 60.9 Å². The van der Waals surface area contributed by atoms with Crippen molar-refractivity contribution in [2.75, 3.05) is 22.5 Å². The van der Waals surface area contributed by atoms with Gasteiger partial charge in [-0.2, -0.15) is 0 Å². The van der Waals surface area contributed by atoms with Crippen LogP contribution in [0.5, 0.6) is 0 Å². The summed E-state index contributed by atoms with van der Waals surface area (Å²) in [6, 6.07) is 4.47. The van der Waals surface area contributed by atoms with Crippen molar-refractivity contribution in [2.45, 2.75) is 27.2 Å². The SMILES string of the molecule is Cc1c(NC(=O)c2nc3c([N+](=O)[O-])cccc3s2)c[nH]c1C(=O)Nc1c[nH]c(C(=O)Nc2c[nH]c(C(=O)NCCC(=N)N)c2C)c1C.Cl.Cl. The molecule has 49 heavy (non-hydrogen) atoms. The van der Waals surface area contributed by atoms with Crippen molar-refractivity contribution in [3.63, 3.8) is 0 Å². The van der Waals surface area contributed by atoms with E-state index in [1.165, 1.54) is 30.7 Å². The maximum Gasteiger partial charge on any atom is 0.296 e. The fourth-order valence-electron chi connectivity index (χ4n) is 4.71. The van der Waals surface area contributed by atoms with Gasteiger partial charge in [-0.1, -0.05) is 6.07 Å². The van der Waals surface area contributed by atoms with Crippen LogP contribution < -0.4 is 27.0 Å². The lowest BCUT2D eigenvalue weighted by Gasteiger charge is -2.07. The van der Waals surface area contributed by atoms with Crippen LogP contribution in [0.1, 0.15) is 64.4 Å². The van der Waals surface area contributed by atoms with Crippen molar-refractivity contribution in [3.8, 4) is 0 Å². The van der Waals surface area contributed by atoms with Crippen molar-refractivity contribution in [1.29, 1.82) is 5.41 Å². The molecular weight excluding hydrogens is 701 g/mol. The number of para-hydroxylation sites is 1. The van der Waals surface area contributed by atoms with Gasteiger partial charge in [0.1, 0.15) is 17.1 Å². The van der Waals surface area contributed by atoms with Gasteiger partial charge in [-0.05, 0) is 26.8 Å². The van der Waals surface area contributed by atoms with Crippen LogP contribution in [0.15, 0.2) is 36.8 Å². The molecule has 0 bridgehead atoms. The highest BCUT2D eigenvalue weighted by Gasteiger charge is 2.23. The van der Waals surface area contributed by atoms with E-state index in [4.69, 9.17) is 11.1 Å². The number of amidine groups is 1. The number of thiazole rings is 1. The molecule has 0 unspecified atom stereocenters. The van der Waals surface area contributed by atoms with Crippen molar-refractivity contribution >= 4 is 98.6 Å². The number of aromatic nitrogens is 4. The standard InChI is InChI=1S/C29H29N11O6S.2ClH/c1-12-15(9-33-21(12)25(41)32-8-7-20(30)31)36-26(42)22-13(2)16(10-34-22)37-27(43)23-14(3)17(11-35-23)38-28(44)29-39-24-18(40(45)46)5-4-6-19(24)47-29;;/h4-6,9-11,33-35H,7-8H2,1-3H3,(H3,30,31)(H,32,41)(H,36,42)(H,37,43)(H,38,44);2*1H. The number of halogens is 2. The van der Waals surface area contributed by atoms with Gasteiger partial charge in [-0.15, -0.1) is 36.2 Å². The van der Waals surface area contributed by atoms with E-state index < -0.39 is 28.6 Å². The van der Waals surface area contributed by atoms with E-state index in [2.05, 4.69) is 41.2 Å². The number of rotatable bonds is 11. The third kappa shape index (κ3) is 7.88. The van der Waals surface area contributed by atoms with Gasteiger partial charge < -0.3 is 42.0 Å². The summed E-state index contributed by atoms with van der Waals surface area (Å²) in [6.45, 7) is 5.14. The first kappa shape index (κ1) is 37.7. The zero-order chi connectivity index (χ0) is 34.0. The van der Waals surface area contributed by atoms with Crippen molar-refractivity contribution in [3.05, 3.63) is 85.7 Å². The van der Waals surface area contributed by atoms with E-state index in [0.29, 0.717) is 38.5 Å². The highest BCUT2D eigenvalue weighted by atomic mass is 35.5. The summed E-state index contributed by atoms with van der Waals surface area (Å²) in [4.78, 5) is 75.1. The third-order valence-corrected chi connectivity index (χ3v) is 8.33. The Labute approximate surface area is 293 Å². The number of hydrogen-bond acceptors (Lipinski definition) is 9. The van der Waals surface area contributed by atoms with Gasteiger partial charge in [-0.3, -0.25) is 34.7 Å². The minimum atomic E-state index is -0.593. The molecule has 1 aromatic carbocycles. The molecule has 0 saturated heterocycles. The number of fused-ring (bicyclic) bond motifs is 1. The van der Waals surface area contributed by atoms with E-state index in [9.17, 15) is 29.3 Å². The number of carbonyl (C=O) groups is 4. The number of nitrogens with two attached hydrogens (primary N) is 1. The van der Waals surface area contributed by atoms with Crippen molar-refractivity contribution in [2.24, 2.45) is 5.73 Å². The molecule has 0 atom stereocenters. The molecule has 0 fully saturated rings. The number of nitro groups is 1. The topological polar surface area (TPSA) is 270 Å².